The van der Waals surface area contributed by atoms with E-state index in [0.717, 1.165) is 19.4 Å². The predicted octanol–water partition coefficient (Wildman–Crippen LogP) is 3.23. The van der Waals surface area contributed by atoms with Crippen LogP contribution in [0, 0.1) is 0 Å². The van der Waals surface area contributed by atoms with Gasteiger partial charge in [0, 0.05) is 11.3 Å². The van der Waals surface area contributed by atoms with Crippen molar-refractivity contribution in [1.29, 1.82) is 0 Å². The molecule has 0 aromatic heterocycles. The van der Waals surface area contributed by atoms with Gasteiger partial charge in [-0.15, -0.1) is 11.8 Å². The molecule has 0 rings (SSSR count). The fourth-order valence-electron chi connectivity index (χ4n) is 1.96. The quantitative estimate of drug-likeness (QED) is 0.588. The van der Waals surface area contributed by atoms with E-state index < -0.39 is 0 Å². The monoisotopic (exact) mass is 275 g/mol. The highest BCUT2D eigenvalue weighted by Crippen LogP contribution is 2.21. The Bertz CT molecular complexity index is 212. The molecule has 0 aliphatic heterocycles. The van der Waals surface area contributed by atoms with Gasteiger partial charge in [-0.2, -0.15) is 0 Å². The first-order chi connectivity index (χ1) is 8.69. The van der Waals surface area contributed by atoms with Crippen molar-refractivity contribution >= 4 is 17.7 Å². The van der Waals surface area contributed by atoms with E-state index >= 15 is 0 Å². The average molecular weight is 275 g/mol. The molecular formula is C14H29NO2S. The van der Waals surface area contributed by atoms with Gasteiger partial charge in [0.25, 0.3) is 0 Å². The molecule has 0 saturated heterocycles. The molecule has 1 N–H and O–H groups in total. The molecular weight excluding hydrogens is 246 g/mol. The van der Waals surface area contributed by atoms with Gasteiger partial charge in [-0.25, -0.2) is 0 Å². The van der Waals surface area contributed by atoms with Crippen molar-refractivity contribution in [3.05, 3.63) is 0 Å². The number of esters is 1. The van der Waals surface area contributed by atoms with Crippen LogP contribution in [0.5, 0.6) is 0 Å². The van der Waals surface area contributed by atoms with Gasteiger partial charge >= 0.3 is 5.97 Å². The minimum atomic E-state index is -0.0910. The normalized spacial score (nSPS) is 14.2. The molecule has 0 aromatic rings. The first-order valence-corrected chi connectivity index (χ1v) is 8.24. The van der Waals surface area contributed by atoms with Crippen molar-refractivity contribution in [3.8, 4) is 0 Å². The van der Waals surface area contributed by atoms with Crippen LogP contribution >= 0.6 is 11.8 Å². The largest absolute Gasteiger partial charge is 0.465 e. The summed E-state index contributed by atoms with van der Waals surface area (Å²) in [7, 11) is 0. The molecule has 0 amide bonds. The van der Waals surface area contributed by atoms with Gasteiger partial charge in [-0.05, 0) is 32.7 Å². The van der Waals surface area contributed by atoms with Crippen LogP contribution < -0.4 is 5.32 Å². The molecule has 0 spiro atoms. The van der Waals surface area contributed by atoms with Crippen LogP contribution in [0.3, 0.4) is 0 Å². The van der Waals surface area contributed by atoms with Crippen molar-refractivity contribution in [2.24, 2.45) is 0 Å². The first kappa shape index (κ1) is 17.8. The molecule has 0 bridgehead atoms. The Kier molecular flexibility index (Phi) is 11.7. The molecule has 0 aromatic carbocycles. The fraction of sp³-hybridized carbons (Fsp3) is 0.929. The van der Waals surface area contributed by atoms with Gasteiger partial charge in [-0.3, -0.25) is 4.79 Å². The van der Waals surface area contributed by atoms with E-state index in [9.17, 15) is 4.79 Å². The highest BCUT2D eigenvalue weighted by molar-refractivity contribution is 8.00. The molecule has 3 nitrogen and oxygen atoms in total. The SMILES string of the molecule is CCCNC(CCC)C(CC)SCC(=O)OCC. The number of carbonyl (C=O) groups is 1. The zero-order valence-corrected chi connectivity index (χ0v) is 13.1. The Hall–Kier alpha value is -0.220. The summed E-state index contributed by atoms with van der Waals surface area (Å²) in [6, 6.07) is 0.513. The number of carbonyl (C=O) groups excluding carboxylic acids is 1. The third-order valence-corrected chi connectivity index (χ3v) is 4.32. The lowest BCUT2D eigenvalue weighted by Gasteiger charge is -2.26. The summed E-state index contributed by atoms with van der Waals surface area (Å²) < 4.78 is 4.98. The minimum absolute atomic E-state index is 0.0910. The van der Waals surface area contributed by atoms with Gasteiger partial charge in [0.2, 0.25) is 0 Å². The Morgan fingerprint density at radius 1 is 1.22 bits per heavy atom. The molecule has 0 aliphatic carbocycles. The van der Waals surface area contributed by atoms with Gasteiger partial charge in [0.05, 0.1) is 12.4 Å². The van der Waals surface area contributed by atoms with Crippen LogP contribution in [0.1, 0.15) is 53.4 Å². The number of rotatable bonds is 11. The minimum Gasteiger partial charge on any atom is -0.465 e. The third-order valence-electron chi connectivity index (χ3n) is 2.83. The summed E-state index contributed by atoms with van der Waals surface area (Å²) in [6.45, 7) is 9.97. The van der Waals surface area contributed by atoms with E-state index in [1.807, 2.05) is 6.92 Å². The maximum Gasteiger partial charge on any atom is 0.315 e. The van der Waals surface area contributed by atoms with E-state index in [1.54, 1.807) is 11.8 Å². The summed E-state index contributed by atoms with van der Waals surface area (Å²) in [4.78, 5) is 11.4. The number of ether oxygens (including phenoxy) is 1. The second kappa shape index (κ2) is 11.8. The number of nitrogens with one attached hydrogen (secondary N) is 1. The van der Waals surface area contributed by atoms with Crippen molar-refractivity contribution < 1.29 is 9.53 Å². The highest BCUT2D eigenvalue weighted by Gasteiger charge is 2.20. The maximum absolute atomic E-state index is 11.4. The fourth-order valence-corrected chi connectivity index (χ4v) is 3.09. The van der Waals surface area contributed by atoms with Gasteiger partial charge in [0.15, 0.2) is 0 Å². The standard InChI is InChI=1S/C14H29NO2S/c1-5-9-12(15-10-6-2)13(7-3)18-11-14(16)17-8-4/h12-13,15H,5-11H2,1-4H3. The average Bonchev–Trinajstić information content (AvgIpc) is 2.36. The second-order valence-corrected chi connectivity index (χ2v) is 5.64. The van der Waals surface area contributed by atoms with Crippen molar-refractivity contribution in [2.45, 2.75) is 64.7 Å². The topological polar surface area (TPSA) is 38.3 Å². The van der Waals surface area contributed by atoms with Gasteiger partial charge < -0.3 is 10.1 Å². The van der Waals surface area contributed by atoms with E-state index in [2.05, 4.69) is 26.1 Å². The van der Waals surface area contributed by atoms with Gasteiger partial charge in [0.1, 0.15) is 0 Å². The Morgan fingerprint density at radius 3 is 2.44 bits per heavy atom. The zero-order chi connectivity index (χ0) is 13.8. The summed E-state index contributed by atoms with van der Waals surface area (Å²) in [5, 5.41) is 4.10. The molecule has 0 radical (unpaired) electrons. The molecule has 0 aliphatic rings. The van der Waals surface area contributed by atoms with Crippen LogP contribution in [0.25, 0.3) is 0 Å². The van der Waals surface area contributed by atoms with E-state index in [0.29, 0.717) is 23.7 Å². The van der Waals surface area contributed by atoms with Crippen molar-refractivity contribution in [1.82, 2.24) is 5.32 Å². The smallest absolute Gasteiger partial charge is 0.315 e. The Labute approximate surface area is 116 Å². The highest BCUT2D eigenvalue weighted by atomic mass is 32.2. The van der Waals surface area contributed by atoms with E-state index in [-0.39, 0.29) is 5.97 Å². The zero-order valence-electron chi connectivity index (χ0n) is 12.3. The summed E-state index contributed by atoms with van der Waals surface area (Å²) in [6.07, 6.45) is 4.59. The van der Waals surface area contributed by atoms with Crippen molar-refractivity contribution in [3.63, 3.8) is 0 Å². The number of thioether (sulfide) groups is 1. The van der Waals surface area contributed by atoms with Gasteiger partial charge in [-0.1, -0.05) is 27.2 Å². The van der Waals surface area contributed by atoms with Crippen LogP contribution in [-0.4, -0.2) is 36.2 Å². The summed E-state index contributed by atoms with van der Waals surface area (Å²) >= 11 is 1.73. The predicted molar refractivity (Wildman–Crippen MR) is 80.2 cm³/mol. The maximum atomic E-state index is 11.4. The molecule has 2 unspecified atom stereocenters. The summed E-state index contributed by atoms with van der Waals surface area (Å²) in [5.74, 6) is 0.382. The lowest BCUT2D eigenvalue weighted by atomic mass is 10.1. The Balaban J connectivity index is 4.17. The number of hydrogen-bond acceptors (Lipinski definition) is 4. The number of hydrogen-bond donors (Lipinski definition) is 1. The lowest BCUT2D eigenvalue weighted by molar-refractivity contribution is -0.139. The third kappa shape index (κ3) is 7.98. The van der Waals surface area contributed by atoms with E-state index in [4.69, 9.17) is 4.74 Å². The molecule has 18 heavy (non-hydrogen) atoms. The van der Waals surface area contributed by atoms with E-state index in [1.165, 1.54) is 12.8 Å². The van der Waals surface area contributed by atoms with Crippen LogP contribution in [0.2, 0.25) is 0 Å². The van der Waals surface area contributed by atoms with Crippen LogP contribution in [0.15, 0.2) is 0 Å². The first-order valence-electron chi connectivity index (χ1n) is 7.20. The molecule has 108 valence electrons. The molecule has 0 heterocycles. The second-order valence-electron chi connectivity index (χ2n) is 4.41. The summed E-state index contributed by atoms with van der Waals surface area (Å²) in [5.41, 5.74) is 0. The van der Waals surface area contributed by atoms with Crippen LogP contribution in [-0.2, 0) is 9.53 Å². The molecule has 0 saturated carbocycles. The van der Waals surface area contributed by atoms with Crippen molar-refractivity contribution in [2.75, 3.05) is 18.9 Å². The molecule has 2 atom stereocenters. The molecule has 4 heteroatoms. The molecule has 0 fully saturated rings. The Morgan fingerprint density at radius 2 is 1.94 bits per heavy atom. The van der Waals surface area contributed by atoms with Crippen LogP contribution in [0.4, 0.5) is 0 Å². The lowest BCUT2D eigenvalue weighted by Crippen LogP contribution is -2.38.